The number of rotatable bonds is 4. The summed E-state index contributed by atoms with van der Waals surface area (Å²) in [5, 5.41) is 14.1. The average Bonchev–Trinajstić information content (AvgIpc) is 2.49. The summed E-state index contributed by atoms with van der Waals surface area (Å²) in [7, 11) is 0. The van der Waals surface area contributed by atoms with Gasteiger partial charge in [-0.1, -0.05) is 11.6 Å². The van der Waals surface area contributed by atoms with Crippen LogP contribution >= 0.6 is 11.6 Å². The van der Waals surface area contributed by atoms with Gasteiger partial charge in [-0.15, -0.1) is 0 Å². The van der Waals surface area contributed by atoms with Crippen LogP contribution in [0.1, 0.15) is 5.56 Å². The number of hydrogen-bond donors (Lipinski definition) is 2. The molecule has 0 fully saturated rings. The fourth-order valence-electron chi connectivity index (χ4n) is 1.62. The summed E-state index contributed by atoms with van der Waals surface area (Å²) in [4.78, 5) is 11.7. The molecular formula is C15H11ClFN3O. The van der Waals surface area contributed by atoms with Gasteiger partial charge in [0.15, 0.2) is 0 Å². The number of halogens is 2. The van der Waals surface area contributed by atoms with Gasteiger partial charge in [0.1, 0.15) is 5.82 Å². The van der Waals surface area contributed by atoms with E-state index in [2.05, 4.69) is 10.6 Å². The molecule has 6 heteroatoms. The molecule has 2 aromatic carbocycles. The number of nitrogens with one attached hydrogen (secondary N) is 2. The van der Waals surface area contributed by atoms with Crippen molar-refractivity contribution in [3.05, 3.63) is 58.9 Å². The normalized spacial score (nSPS) is 9.76. The lowest BCUT2D eigenvalue weighted by atomic mass is 10.2. The molecule has 2 rings (SSSR count). The van der Waals surface area contributed by atoms with Crippen molar-refractivity contribution >= 4 is 28.9 Å². The second-order valence-electron chi connectivity index (χ2n) is 4.22. The molecule has 0 aliphatic heterocycles. The average molecular weight is 304 g/mol. The summed E-state index contributed by atoms with van der Waals surface area (Å²) in [5.41, 5.74) is 1.69. The zero-order valence-electron chi connectivity index (χ0n) is 10.9. The lowest BCUT2D eigenvalue weighted by Crippen LogP contribution is -2.21. The number of carbonyl (C=O) groups excluding carboxylic acids is 1. The van der Waals surface area contributed by atoms with Gasteiger partial charge in [-0.05, 0) is 42.5 Å². The Kier molecular flexibility index (Phi) is 4.75. The molecule has 2 aromatic rings. The largest absolute Gasteiger partial charge is 0.376 e. The van der Waals surface area contributed by atoms with Gasteiger partial charge in [0.25, 0.3) is 0 Å². The Morgan fingerprint density at radius 1 is 1.19 bits per heavy atom. The second kappa shape index (κ2) is 6.73. The van der Waals surface area contributed by atoms with E-state index in [1.165, 1.54) is 18.2 Å². The highest BCUT2D eigenvalue weighted by Crippen LogP contribution is 2.19. The summed E-state index contributed by atoms with van der Waals surface area (Å²) in [6, 6.07) is 12.7. The van der Waals surface area contributed by atoms with Crippen LogP contribution in [0.2, 0.25) is 5.02 Å². The van der Waals surface area contributed by atoms with Crippen LogP contribution in [0.3, 0.4) is 0 Å². The van der Waals surface area contributed by atoms with Crippen LogP contribution in [0.25, 0.3) is 0 Å². The minimum absolute atomic E-state index is 0.0426. The van der Waals surface area contributed by atoms with Gasteiger partial charge in [-0.3, -0.25) is 4.79 Å². The third-order valence-electron chi connectivity index (χ3n) is 2.67. The van der Waals surface area contributed by atoms with Crippen LogP contribution in [0, 0.1) is 17.1 Å². The number of nitrogens with zero attached hydrogens (tertiary/aromatic N) is 1. The molecule has 1 amide bonds. The minimum Gasteiger partial charge on any atom is -0.376 e. The Labute approximate surface area is 126 Å². The van der Waals surface area contributed by atoms with Crippen molar-refractivity contribution in [3.63, 3.8) is 0 Å². The molecule has 0 atom stereocenters. The Balaban J connectivity index is 1.89. The highest BCUT2D eigenvalue weighted by atomic mass is 35.5. The third kappa shape index (κ3) is 4.20. The molecule has 0 unspecified atom stereocenters. The van der Waals surface area contributed by atoms with Crippen molar-refractivity contribution in [1.82, 2.24) is 0 Å². The molecular weight excluding hydrogens is 293 g/mol. The van der Waals surface area contributed by atoms with E-state index in [4.69, 9.17) is 16.9 Å². The van der Waals surface area contributed by atoms with Gasteiger partial charge in [0, 0.05) is 11.4 Å². The highest BCUT2D eigenvalue weighted by molar-refractivity contribution is 6.31. The van der Waals surface area contributed by atoms with Crippen molar-refractivity contribution in [2.24, 2.45) is 0 Å². The van der Waals surface area contributed by atoms with Gasteiger partial charge in [-0.25, -0.2) is 4.39 Å². The van der Waals surface area contributed by atoms with Crippen molar-refractivity contribution in [2.45, 2.75) is 0 Å². The van der Waals surface area contributed by atoms with E-state index in [0.29, 0.717) is 11.3 Å². The summed E-state index contributed by atoms with van der Waals surface area (Å²) < 4.78 is 13.0. The molecule has 0 bridgehead atoms. The van der Waals surface area contributed by atoms with E-state index in [0.717, 1.165) is 5.69 Å². The Morgan fingerprint density at radius 2 is 1.86 bits per heavy atom. The maximum Gasteiger partial charge on any atom is 0.243 e. The monoisotopic (exact) mass is 303 g/mol. The molecule has 0 saturated carbocycles. The van der Waals surface area contributed by atoms with Crippen LogP contribution in [-0.2, 0) is 4.79 Å². The van der Waals surface area contributed by atoms with Crippen LogP contribution in [0.5, 0.6) is 0 Å². The lowest BCUT2D eigenvalue weighted by molar-refractivity contribution is -0.114. The number of carbonyl (C=O) groups is 1. The summed E-state index contributed by atoms with van der Waals surface area (Å²) in [6.45, 7) is 0.0426. The molecule has 0 heterocycles. The standard InChI is InChI=1S/C15H11ClFN3O/c16-13-7-12(5-6-14(13)17)20-15(21)9-19-11-3-1-10(8-18)2-4-11/h1-7,19H,9H2,(H,20,21). The van der Waals surface area contributed by atoms with E-state index >= 15 is 0 Å². The van der Waals surface area contributed by atoms with Gasteiger partial charge >= 0.3 is 0 Å². The zero-order valence-corrected chi connectivity index (χ0v) is 11.6. The maximum absolute atomic E-state index is 13.0. The molecule has 0 aliphatic carbocycles. The lowest BCUT2D eigenvalue weighted by Gasteiger charge is -2.08. The number of benzene rings is 2. The van der Waals surface area contributed by atoms with Crippen LogP contribution < -0.4 is 10.6 Å². The molecule has 0 saturated heterocycles. The number of hydrogen-bond acceptors (Lipinski definition) is 3. The third-order valence-corrected chi connectivity index (χ3v) is 2.96. The van der Waals surface area contributed by atoms with E-state index in [1.54, 1.807) is 24.3 Å². The molecule has 106 valence electrons. The Hall–Kier alpha value is -2.58. The first kappa shape index (κ1) is 14.8. The van der Waals surface area contributed by atoms with E-state index in [1.807, 2.05) is 6.07 Å². The molecule has 0 spiro atoms. The predicted molar refractivity (Wildman–Crippen MR) is 79.7 cm³/mol. The quantitative estimate of drug-likeness (QED) is 0.910. The van der Waals surface area contributed by atoms with Crippen LogP contribution in [-0.4, -0.2) is 12.5 Å². The van der Waals surface area contributed by atoms with Gasteiger partial charge in [0.05, 0.1) is 23.2 Å². The number of anilines is 2. The van der Waals surface area contributed by atoms with Crippen LogP contribution in [0.4, 0.5) is 15.8 Å². The van der Waals surface area contributed by atoms with Gasteiger partial charge < -0.3 is 10.6 Å². The summed E-state index contributed by atoms with van der Waals surface area (Å²) in [5.74, 6) is -0.826. The van der Waals surface area contributed by atoms with Crippen LogP contribution in [0.15, 0.2) is 42.5 Å². The first-order valence-corrected chi connectivity index (χ1v) is 6.45. The van der Waals surface area contributed by atoms with Crippen molar-refractivity contribution < 1.29 is 9.18 Å². The number of nitriles is 1. The topological polar surface area (TPSA) is 64.9 Å². The molecule has 0 aromatic heterocycles. The molecule has 21 heavy (non-hydrogen) atoms. The Bertz CT molecular complexity index is 695. The number of amides is 1. The maximum atomic E-state index is 13.0. The second-order valence-corrected chi connectivity index (χ2v) is 4.63. The SMILES string of the molecule is N#Cc1ccc(NCC(=O)Nc2ccc(F)c(Cl)c2)cc1. The van der Waals surface area contributed by atoms with Crippen molar-refractivity contribution in [3.8, 4) is 6.07 Å². The molecule has 4 nitrogen and oxygen atoms in total. The fourth-order valence-corrected chi connectivity index (χ4v) is 1.80. The molecule has 2 N–H and O–H groups in total. The van der Waals surface area contributed by atoms with Crippen molar-refractivity contribution in [1.29, 1.82) is 5.26 Å². The highest BCUT2D eigenvalue weighted by Gasteiger charge is 2.05. The predicted octanol–water partition coefficient (Wildman–Crippen LogP) is 3.40. The summed E-state index contributed by atoms with van der Waals surface area (Å²) in [6.07, 6.45) is 0. The van der Waals surface area contributed by atoms with Gasteiger partial charge in [0.2, 0.25) is 5.91 Å². The van der Waals surface area contributed by atoms with E-state index < -0.39 is 5.82 Å². The zero-order chi connectivity index (χ0) is 15.2. The summed E-state index contributed by atoms with van der Waals surface area (Å²) >= 11 is 5.63. The first-order valence-electron chi connectivity index (χ1n) is 6.07. The smallest absolute Gasteiger partial charge is 0.243 e. The molecule has 0 aliphatic rings. The van der Waals surface area contributed by atoms with Gasteiger partial charge in [-0.2, -0.15) is 5.26 Å². The van der Waals surface area contributed by atoms with E-state index in [9.17, 15) is 9.18 Å². The van der Waals surface area contributed by atoms with E-state index in [-0.39, 0.29) is 17.5 Å². The minimum atomic E-state index is -0.537. The molecule has 0 radical (unpaired) electrons. The Morgan fingerprint density at radius 3 is 2.48 bits per heavy atom. The fraction of sp³-hybridized carbons (Fsp3) is 0.0667. The van der Waals surface area contributed by atoms with Crippen molar-refractivity contribution in [2.75, 3.05) is 17.2 Å². The first-order chi connectivity index (χ1) is 10.1.